The molecule has 0 unspecified atom stereocenters. The molecule has 3 heterocycles. The minimum Gasteiger partial charge on any atom is -0.467 e. The van der Waals surface area contributed by atoms with Crippen molar-refractivity contribution in [3.63, 3.8) is 0 Å². The van der Waals surface area contributed by atoms with Crippen molar-refractivity contribution in [2.75, 3.05) is 24.6 Å². The maximum Gasteiger partial charge on any atom is 0.134 e. The van der Waals surface area contributed by atoms with Gasteiger partial charge in [0.15, 0.2) is 0 Å². The van der Waals surface area contributed by atoms with Crippen LogP contribution in [-0.4, -0.2) is 29.7 Å². The maximum atomic E-state index is 5.82. The highest BCUT2D eigenvalue weighted by Crippen LogP contribution is 2.38. The molecular weight excluding hydrogens is 266 g/mol. The van der Waals surface area contributed by atoms with Crippen LogP contribution < -0.4 is 4.90 Å². The average molecular weight is 285 g/mol. The summed E-state index contributed by atoms with van der Waals surface area (Å²) >= 11 is 0. The lowest BCUT2D eigenvalue weighted by atomic mass is 10.2. The zero-order valence-corrected chi connectivity index (χ0v) is 12.2. The van der Waals surface area contributed by atoms with Gasteiger partial charge in [0.1, 0.15) is 23.5 Å². The Kier molecular flexibility index (Phi) is 3.15. The minimum absolute atomic E-state index is 0.0200. The molecule has 0 N–H and O–H groups in total. The Hall–Kier alpha value is -1.88. The number of hydrogen-bond donors (Lipinski definition) is 0. The molecule has 0 spiro atoms. The highest BCUT2D eigenvalue weighted by Gasteiger charge is 2.29. The fraction of sp³-hybridized carbons (Fsp3) is 0.500. The lowest BCUT2D eigenvalue weighted by molar-refractivity contribution is 0.0255. The number of aromatic nitrogens is 2. The Bertz CT molecular complexity index is 622. The first kappa shape index (κ1) is 12.8. The molecular formula is C16H19N3O2. The summed E-state index contributed by atoms with van der Waals surface area (Å²) < 4.78 is 11.3. The van der Waals surface area contributed by atoms with Crippen molar-refractivity contribution in [1.82, 2.24) is 9.97 Å². The number of nitrogens with zero attached hydrogens (tertiary/aromatic N) is 3. The Labute approximate surface area is 124 Å². The van der Waals surface area contributed by atoms with E-state index in [1.807, 2.05) is 19.1 Å². The molecule has 2 aromatic rings. The van der Waals surface area contributed by atoms with Gasteiger partial charge in [0.25, 0.3) is 0 Å². The van der Waals surface area contributed by atoms with Crippen LogP contribution in [-0.2, 0) is 4.74 Å². The molecule has 2 fully saturated rings. The summed E-state index contributed by atoms with van der Waals surface area (Å²) in [6.45, 7) is 4.36. The summed E-state index contributed by atoms with van der Waals surface area (Å²) in [5.41, 5.74) is 1.04. The van der Waals surface area contributed by atoms with E-state index in [2.05, 4.69) is 16.0 Å². The number of furan rings is 1. The van der Waals surface area contributed by atoms with Gasteiger partial charge in [0.2, 0.25) is 0 Å². The second-order valence-electron chi connectivity index (χ2n) is 5.82. The first-order valence-electron chi connectivity index (χ1n) is 7.55. The van der Waals surface area contributed by atoms with E-state index in [0.29, 0.717) is 12.5 Å². The molecule has 5 heteroatoms. The van der Waals surface area contributed by atoms with Crippen LogP contribution in [0.5, 0.6) is 0 Å². The molecule has 1 aliphatic carbocycles. The molecule has 0 bridgehead atoms. The van der Waals surface area contributed by atoms with E-state index in [0.717, 1.165) is 36.2 Å². The summed E-state index contributed by atoms with van der Waals surface area (Å²) in [6, 6.07) is 5.93. The number of anilines is 1. The molecule has 0 amide bonds. The van der Waals surface area contributed by atoms with E-state index in [9.17, 15) is 0 Å². The third-order valence-electron chi connectivity index (χ3n) is 4.05. The largest absolute Gasteiger partial charge is 0.467 e. The molecule has 1 saturated carbocycles. The van der Waals surface area contributed by atoms with Crippen LogP contribution in [0.4, 0.5) is 5.82 Å². The van der Waals surface area contributed by atoms with E-state index < -0.39 is 0 Å². The van der Waals surface area contributed by atoms with Crippen LogP contribution in [0.2, 0.25) is 0 Å². The second-order valence-corrected chi connectivity index (χ2v) is 5.82. The van der Waals surface area contributed by atoms with Gasteiger partial charge in [-0.15, -0.1) is 0 Å². The van der Waals surface area contributed by atoms with E-state index in [1.165, 1.54) is 12.8 Å². The fourth-order valence-corrected chi connectivity index (χ4v) is 2.76. The van der Waals surface area contributed by atoms with Gasteiger partial charge >= 0.3 is 0 Å². The predicted molar refractivity (Wildman–Crippen MR) is 78.4 cm³/mol. The molecule has 21 heavy (non-hydrogen) atoms. The van der Waals surface area contributed by atoms with Gasteiger partial charge in [-0.25, -0.2) is 9.97 Å². The van der Waals surface area contributed by atoms with Gasteiger partial charge in [0, 0.05) is 24.2 Å². The van der Waals surface area contributed by atoms with Gasteiger partial charge in [-0.1, -0.05) is 0 Å². The van der Waals surface area contributed by atoms with Crippen molar-refractivity contribution >= 4 is 5.82 Å². The molecule has 1 aliphatic heterocycles. The smallest absolute Gasteiger partial charge is 0.134 e. The third kappa shape index (κ3) is 2.65. The Morgan fingerprint density at radius 1 is 1.29 bits per heavy atom. The molecule has 2 aliphatic rings. The van der Waals surface area contributed by atoms with E-state index in [1.54, 1.807) is 6.26 Å². The molecule has 4 rings (SSSR count). The first-order valence-corrected chi connectivity index (χ1v) is 7.55. The monoisotopic (exact) mass is 285 g/mol. The second kappa shape index (κ2) is 5.15. The normalized spacial score (nSPS) is 22.5. The Balaban J connectivity index is 1.57. The van der Waals surface area contributed by atoms with Crippen LogP contribution in [0.25, 0.3) is 0 Å². The SMILES string of the molecule is Cc1cc(N2CCO[C@H](c3ccco3)C2)nc(C2CC2)n1. The molecule has 1 atom stereocenters. The summed E-state index contributed by atoms with van der Waals surface area (Å²) in [5, 5.41) is 0. The Morgan fingerprint density at radius 3 is 2.95 bits per heavy atom. The first-order chi connectivity index (χ1) is 10.3. The number of morpholine rings is 1. The lowest BCUT2D eigenvalue weighted by Crippen LogP contribution is -2.39. The lowest BCUT2D eigenvalue weighted by Gasteiger charge is -2.33. The summed E-state index contributed by atoms with van der Waals surface area (Å²) in [6.07, 6.45) is 4.12. The van der Waals surface area contributed by atoms with E-state index in [-0.39, 0.29) is 6.10 Å². The van der Waals surface area contributed by atoms with Crippen LogP contribution in [0.1, 0.15) is 42.1 Å². The maximum absolute atomic E-state index is 5.82. The molecule has 1 saturated heterocycles. The van der Waals surface area contributed by atoms with Gasteiger partial charge in [-0.2, -0.15) is 0 Å². The summed E-state index contributed by atoms with van der Waals surface area (Å²) in [4.78, 5) is 11.6. The number of aryl methyl sites for hydroxylation is 1. The van der Waals surface area contributed by atoms with Gasteiger partial charge in [-0.05, 0) is 31.9 Å². The third-order valence-corrected chi connectivity index (χ3v) is 4.05. The van der Waals surface area contributed by atoms with Crippen LogP contribution in [0.15, 0.2) is 28.9 Å². The minimum atomic E-state index is -0.0200. The number of hydrogen-bond acceptors (Lipinski definition) is 5. The zero-order valence-electron chi connectivity index (χ0n) is 12.2. The van der Waals surface area contributed by atoms with Crippen molar-refractivity contribution in [2.24, 2.45) is 0 Å². The molecule has 0 aromatic carbocycles. The van der Waals surface area contributed by atoms with Crippen LogP contribution in [0, 0.1) is 6.92 Å². The van der Waals surface area contributed by atoms with Gasteiger partial charge < -0.3 is 14.1 Å². The van der Waals surface area contributed by atoms with Crippen molar-refractivity contribution in [3.05, 3.63) is 41.7 Å². The van der Waals surface area contributed by atoms with Gasteiger partial charge in [0.05, 0.1) is 19.4 Å². The van der Waals surface area contributed by atoms with Crippen molar-refractivity contribution in [3.8, 4) is 0 Å². The highest BCUT2D eigenvalue weighted by molar-refractivity contribution is 5.41. The summed E-state index contributed by atoms with van der Waals surface area (Å²) in [7, 11) is 0. The molecule has 5 nitrogen and oxygen atoms in total. The van der Waals surface area contributed by atoms with Crippen molar-refractivity contribution < 1.29 is 9.15 Å². The predicted octanol–water partition coefficient (Wildman–Crippen LogP) is 2.83. The quantitative estimate of drug-likeness (QED) is 0.868. The topological polar surface area (TPSA) is 51.4 Å². The molecule has 0 radical (unpaired) electrons. The Morgan fingerprint density at radius 2 is 2.19 bits per heavy atom. The highest BCUT2D eigenvalue weighted by atomic mass is 16.5. The van der Waals surface area contributed by atoms with Gasteiger partial charge in [-0.3, -0.25) is 0 Å². The standard InChI is InChI=1S/C16H19N3O2/c1-11-9-15(18-16(17-11)12-4-5-12)19-6-8-21-14(10-19)13-3-2-7-20-13/h2-3,7,9,12,14H,4-6,8,10H2,1H3/t14-/m0/s1. The van der Waals surface area contributed by atoms with E-state index in [4.69, 9.17) is 14.1 Å². The summed E-state index contributed by atoms with van der Waals surface area (Å²) in [5.74, 6) is 3.48. The average Bonchev–Trinajstić information content (AvgIpc) is 3.22. The molecule has 110 valence electrons. The number of rotatable bonds is 3. The number of ether oxygens (including phenoxy) is 1. The van der Waals surface area contributed by atoms with Crippen LogP contribution in [0.3, 0.4) is 0 Å². The van der Waals surface area contributed by atoms with Crippen molar-refractivity contribution in [1.29, 1.82) is 0 Å². The van der Waals surface area contributed by atoms with Crippen LogP contribution >= 0.6 is 0 Å². The van der Waals surface area contributed by atoms with E-state index >= 15 is 0 Å². The fourth-order valence-electron chi connectivity index (χ4n) is 2.76. The van der Waals surface area contributed by atoms with Crippen molar-refractivity contribution in [2.45, 2.75) is 31.8 Å². The zero-order chi connectivity index (χ0) is 14.2. The molecule has 2 aromatic heterocycles.